The van der Waals surface area contributed by atoms with Gasteiger partial charge in [0, 0.05) is 24.5 Å². The molecular formula is C12H20N5NaO3S2. The number of aromatic nitrogens is 4. The summed E-state index contributed by atoms with van der Waals surface area (Å²) in [6, 6.07) is 3.62. The molecule has 2 rings (SSSR count). The molecule has 2 aromatic rings. The Morgan fingerprint density at radius 2 is 1.39 bits per heavy atom. The number of rotatable bonds is 4. The smallest absolute Gasteiger partial charge is 0.767 e. The third kappa shape index (κ3) is 7.38. The number of nitrogens with zero attached hydrogens (tertiary/aromatic N) is 4. The van der Waals surface area contributed by atoms with Gasteiger partial charge in [0.15, 0.2) is 5.03 Å². The van der Waals surface area contributed by atoms with Gasteiger partial charge in [0.1, 0.15) is 16.0 Å². The van der Waals surface area contributed by atoms with Crippen molar-refractivity contribution in [2.75, 3.05) is 0 Å². The second-order valence-electron chi connectivity index (χ2n) is 4.99. The molecule has 0 radical (unpaired) electrons. The van der Waals surface area contributed by atoms with Crippen LogP contribution in [0, 0.1) is 0 Å². The first kappa shape index (κ1) is 22.6. The molecule has 2 unspecified atom stereocenters. The van der Waals surface area contributed by atoms with E-state index in [-0.39, 0.29) is 46.7 Å². The fourth-order valence-electron chi connectivity index (χ4n) is 1.41. The van der Waals surface area contributed by atoms with Crippen LogP contribution in [0.15, 0.2) is 34.6 Å². The minimum atomic E-state index is -2.21. The molecule has 0 aromatic carbocycles. The average Bonchev–Trinajstić information content (AvgIpc) is 3.09. The zero-order valence-electron chi connectivity index (χ0n) is 13.9. The Labute approximate surface area is 163 Å². The van der Waals surface area contributed by atoms with Crippen LogP contribution in [0.1, 0.15) is 39.8 Å². The van der Waals surface area contributed by atoms with Crippen molar-refractivity contribution >= 4 is 22.1 Å². The first-order chi connectivity index (χ1) is 10.2. The topological polar surface area (TPSA) is 119 Å². The summed E-state index contributed by atoms with van der Waals surface area (Å²) in [4.78, 5) is 0. The van der Waals surface area contributed by atoms with Crippen LogP contribution < -0.4 is 34.7 Å². The molecular weight excluding hydrogens is 349 g/mol. The van der Waals surface area contributed by atoms with Crippen molar-refractivity contribution in [3.05, 3.63) is 24.5 Å². The maximum Gasteiger partial charge on any atom is 1.00 e. The van der Waals surface area contributed by atoms with Gasteiger partial charge in [0.2, 0.25) is 0 Å². The van der Waals surface area contributed by atoms with Crippen LogP contribution in [0.25, 0.3) is 0 Å². The summed E-state index contributed by atoms with van der Waals surface area (Å²) < 4.78 is 34.7. The van der Waals surface area contributed by atoms with Gasteiger partial charge < -0.3 is 4.55 Å². The van der Waals surface area contributed by atoms with Crippen LogP contribution in [0.2, 0.25) is 0 Å². The number of hydrogen-bond acceptors (Lipinski definition) is 5. The zero-order chi connectivity index (χ0) is 16.9. The van der Waals surface area contributed by atoms with Gasteiger partial charge in [-0.15, -0.1) is 0 Å². The maximum absolute atomic E-state index is 10.7. The minimum absolute atomic E-state index is 0. The monoisotopic (exact) mass is 369 g/mol. The molecule has 0 bridgehead atoms. The molecule has 0 spiro atoms. The fourth-order valence-corrected chi connectivity index (χ4v) is 2.12. The molecule has 0 aliphatic rings. The summed E-state index contributed by atoms with van der Waals surface area (Å²) in [5.74, 6) is 0. The summed E-state index contributed by atoms with van der Waals surface area (Å²) in [5, 5.41) is 13.5. The van der Waals surface area contributed by atoms with E-state index in [9.17, 15) is 13.0 Å². The number of nitrogens with two attached hydrogens (primary N) is 1. The molecule has 0 amide bonds. The molecule has 2 heterocycles. The molecule has 8 nitrogen and oxygen atoms in total. The second kappa shape index (κ2) is 10.5. The van der Waals surface area contributed by atoms with Gasteiger partial charge in [-0.2, -0.15) is 10.2 Å². The molecule has 23 heavy (non-hydrogen) atoms. The van der Waals surface area contributed by atoms with E-state index in [2.05, 4.69) is 10.2 Å². The molecule has 11 heteroatoms. The van der Waals surface area contributed by atoms with Crippen LogP contribution in [0.5, 0.6) is 0 Å². The Morgan fingerprint density at radius 1 is 1.00 bits per heavy atom. The molecule has 2 atom stereocenters. The van der Waals surface area contributed by atoms with Gasteiger partial charge >= 0.3 is 29.6 Å². The van der Waals surface area contributed by atoms with Gasteiger partial charge in [-0.1, -0.05) is 0 Å². The van der Waals surface area contributed by atoms with Crippen molar-refractivity contribution in [1.82, 2.24) is 19.6 Å². The molecule has 0 saturated heterocycles. The van der Waals surface area contributed by atoms with Crippen molar-refractivity contribution in [3.63, 3.8) is 0 Å². The van der Waals surface area contributed by atoms with Crippen LogP contribution >= 0.6 is 0 Å². The standard InChI is InChI=1S/C6H11N3OS.C6H10N2O2S.Na/c1-5(2)9-4-3-6(8-9)11(7)10;1-5(2)8-4-3-6(7-8)11(9)10;/h3-5H,7H2,1-2H3;3-5H,1-2H3,(H,9,10);/q;;+1/p-1. The van der Waals surface area contributed by atoms with Crippen LogP contribution in [-0.4, -0.2) is 32.5 Å². The Hall–Kier alpha value is -0.360. The Balaban J connectivity index is 0.000000403. The predicted octanol–water partition coefficient (Wildman–Crippen LogP) is -1.85. The van der Waals surface area contributed by atoms with Crippen LogP contribution in [0.3, 0.4) is 0 Å². The van der Waals surface area contributed by atoms with Crippen molar-refractivity contribution in [2.24, 2.45) is 5.14 Å². The molecule has 0 fully saturated rings. The fraction of sp³-hybridized carbons (Fsp3) is 0.500. The van der Waals surface area contributed by atoms with Crippen LogP contribution in [-0.2, 0) is 22.1 Å². The van der Waals surface area contributed by atoms with E-state index >= 15 is 0 Å². The first-order valence-corrected chi connectivity index (χ1v) is 8.87. The Morgan fingerprint density at radius 3 is 1.61 bits per heavy atom. The van der Waals surface area contributed by atoms with Crippen LogP contribution in [0.4, 0.5) is 0 Å². The van der Waals surface area contributed by atoms with Gasteiger partial charge in [-0.3, -0.25) is 13.6 Å². The van der Waals surface area contributed by atoms with Gasteiger partial charge in [0.05, 0.1) is 0 Å². The minimum Gasteiger partial charge on any atom is -0.767 e. The molecule has 0 aliphatic carbocycles. The van der Waals surface area contributed by atoms with E-state index in [4.69, 9.17) is 5.14 Å². The van der Waals surface area contributed by atoms with E-state index in [1.165, 1.54) is 6.07 Å². The Bertz CT molecular complexity index is 600. The molecule has 2 N–H and O–H groups in total. The van der Waals surface area contributed by atoms with E-state index in [1.807, 2.05) is 27.7 Å². The van der Waals surface area contributed by atoms with Crippen molar-refractivity contribution < 1.29 is 42.5 Å². The van der Waals surface area contributed by atoms with Gasteiger partial charge in [0.25, 0.3) is 0 Å². The quantitative estimate of drug-likeness (QED) is 0.501. The van der Waals surface area contributed by atoms with E-state index < -0.39 is 22.1 Å². The molecule has 0 aliphatic heterocycles. The molecule has 0 saturated carbocycles. The van der Waals surface area contributed by atoms with E-state index in [0.29, 0.717) is 5.03 Å². The summed E-state index contributed by atoms with van der Waals surface area (Å²) >= 11 is -2.21. The summed E-state index contributed by atoms with van der Waals surface area (Å²) in [7, 11) is -1.46. The largest absolute Gasteiger partial charge is 1.00 e. The molecule has 124 valence electrons. The van der Waals surface area contributed by atoms with Crippen molar-refractivity contribution in [1.29, 1.82) is 0 Å². The van der Waals surface area contributed by atoms with Gasteiger partial charge in [-0.05, 0) is 50.9 Å². The third-order valence-electron chi connectivity index (χ3n) is 2.60. The van der Waals surface area contributed by atoms with Crippen molar-refractivity contribution in [3.8, 4) is 0 Å². The third-order valence-corrected chi connectivity index (χ3v) is 3.79. The average molecular weight is 369 g/mol. The van der Waals surface area contributed by atoms with Crippen molar-refractivity contribution in [2.45, 2.75) is 49.8 Å². The SMILES string of the molecule is CC(C)n1ccc(S(=O)[O-])n1.CC(C)n1ccc(S(N)=O)n1.[Na+]. The second-order valence-corrected chi connectivity index (χ2v) is 6.89. The zero-order valence-corrected chi connectivity index (χ0v) is 17.5. The predicted molar refractivity (Wildman–Crippen MR) is 83.0 cm³/mol. The van der Waals surface area contributed by atoms with E-state index in [1.54, 1.807) is 27.8 Å². The first-order valence-electron chi connectivity index (χ1n) is 6.58. The van der Waals surface area contributed by atoms with Gasteiger partial charge in [-0.25, -0.2) is 9.35 Å². The maximum atomic E-state index is 10.7. The summed E-state index contributed by atoms with van der Waals surface area (Å²) in [6.07, 6.45) is 3.42. The molecule has 2 aromatic heterocycles. The normalized spacial score (nSPS) is 13.2. The number of hydrogen-bond donors (Lipinski definition) is 1. The summed E-state index contributed by atoms with van der Waals surface area (Å²) in [6.45, 7) is 7.86. The summed E-state index contributed by atoms with van der Waals surface area (Å²) in [5.41, 5.74) is 0. The van der Waals surface area contributed by atoms with E-state index in [0.717, 1.165) is 0 Å². The Kier molecular flexibility index (Phi) is 10.3.